The normalized spacial score (nSPS) is 11.2. The van der Waals surface area contributed by atoms with Crippen molar-refractivity contribution >= 4 is 34.3 Å². The number of hydrogen-bond donors (Lipinski definition) is 0. The minimum Gasteiger partial charge on any atom is -0.287 e. The van der Waals surface area contributed by atoms with Gasteiger partial charge in [0.15, 0.2) is 5.16 Å². The summed E-state index contributed by atoms with van der Waals surface area (Å²) < 4.78 is 3.50. The number of aryl methyl sites for hydroxylation is 1. The molecule has 0 amide bonds. The quantitative estimate of drug-likeness (QED) is 0.505. The molecule has 0 saturated heterocycles. The van der Waals surface area contributed by atoms with Gasteiger partial charge in [-0.15, -0.1) is 0 Å². The molecule has 2 heterocycles. The van der Waals surface area contributed by atoms with Crippen molar-refractivity contribution in [3.05, 3.63) is 46.2 Å². The number of fused-ring (bicyclic) bond motifs is 1. The number of thioether (sulfide) groups is 1. The van der Waals surface area contributed by atoms with Gasteiger partial charge in [0, 0.05) is 17.3 Å². The van der Waals surface area contributed by atoms with Crippen molar-refractivity contribution < 1.29 is 0 Å². The molecule has 6 nitrogen and oxygen atoms in total. The summed E-state index contributed by atoms with van der Waals surface area (Å²) in [5, 5.41) is 5.97. The van der Waals surface area contributed by atoms with E-state index in [4.69, 9.17) is 11.6 Å². The van der Waals surface area contributed by atoms with Crippen molar-refractivity contribution in [1.29, 1.82) is 0 Å². The molecule has 0 fully saturated rings. The molecule has 8 heteroatoms. The third-order valence-electron chi connectivity index (χ3n) is 3.35. The molecule has 0 saturated carbocycles. The van der Waals surface area contributed by atoms with E-state index in [2.05, 4.69) is 15.1 Å². The van der Waals surface area contributed by atoms with Gasteiger partial charge in [0.05, 0.1) is 17.4 Å². The molecule has 2 aromatic heterocycles. The van der Waals surface area contributed by atoms with E-state index in [-0.39, 0.29) is 5.56 Å². The molecule has 0 aliphatic heterocycles. The number of hydrogen-bond acceptors (Lipinski definition) is 5. The lowest BCUT2D eigenvalue weighted by Gasteiger charge is -2.12. The molecule has 0 bridgehead atoms. The highest BCUT2D eigenvalue weighted by atomic mass is 35.5. The fraction of sp³-hybridized carbons (Fsp3) is 0.333. The zero-order valence-corrected chi connectivity index (χ0v) is 14.2. The van der Waals surface area contributed by atoms with Crippen LogP contribution in [0.25, 0.3) is 10.9 Å². The molecule has 0 unspecified atom stereocenters. The van der Waals surface area contributed by atoms with Gasteiger partial charge in [-0.05, 0) is 24.6 Å². The number of halogens is 1. The summed E-state index contributed by atoms with van der Waals surface area (Å²) in [6.45, 7) is 3.40. The highest BCUT2D eigenvalue weighted by Crippen LogP contribution is 2.20. The fourth-order valence-corrected chi connectivity index (χ4v) is 3.40. The van der Waals surface area contributed by atoms with Crippen molar-refractivity contribution in [2.75, 3.05) is 5.75 Å². The third kappa shape index (κ3) is 3.56. The minimum absolute atomic E-state index is 0.0169. The summed E-state index contributed by atoms with van der Waals surface area (Å²) in [7, 11) is 0. The van der Waals surface area contributed by atoms with Crippen molar-refractivity contribution in [1.82, 2.24) is 24.3 Å². The average molecular weight is 350 g/mol. The average Bonchev–Trinajstić information content (AvgIpc) is 3.04. The molecular formula is C15H16ClN5OS. The first-order chi connectivity index (χ1) is 11.2. The Balaban J connectivity index is 1.92. The Kier molecular flexibility index (Phi) is 4.97. The lowest BCUT2D eigenvalue weighted by Crippen LogP contribution is -2.23. The van der Waals surface area contributed by atoms with Gasteiger partial charge < -0.3 is 0 Å². The Bertz CT molecular complexity index is 862. The van der Waals surface area contributed by atoms with E-state index in [1.165, 1.54) is 6.33 Å². The van der Waals surface area contributed by atoms with Crippen molar-refractivity contribution in [3.8, 4) is 0 Å². The van der Waals surface area contributed by atoms with E-state index >= 15 is 0 Å². The van der Waals surface area contributed by atoms with Gasteiger partial charge in [0.25, 0.3) is 5.56 Å². The standard InChI is InChI=1S/C15H16ClN5OS/c1-2-5-21-14(22)12-4-3-11(16)8-13(12)19-15(21)23-7-6-20-10-17-9-18-20/h3-4,8-10H,2,5-7H2,1H3. The van der Waals surface area contributed by atoms with Crippen LogP contribution in [0.4, 0.5) is 0 Å². The van der Waals surface area contributed by atoms with Crippen molar-refractivity contribution in [2.24, 2.45) is 0 Å². The second-order valence-electron chi connectivity index (χ2n) is 5.02. The number of rotatable bonds is 6. The second-order valence-corrected chi connectivity index (χ2v) is 6.52. The van der Waals surface area contributed by atoms with Crippen LogP contribution in [0.1, 0.15) is 13.3 Å². The van der Waals surface area contributed by atoms with Crippen molar-refractivity contribution in [3.63, 3.8) is 0 Å². The lowest BCUT2D eigenvalue weighted by atomic mass is 10.2. The van der Waals surface area contributed by atoms with Gasteiger partial charge >= 0.3 is 0 Å². The van der Waals surface area contributed by atoms with E-state index in [1.807, 2.05) is 6.92 Å². The van der Waals surface area contributed by atoms with Crippen LogP contribution < -0.4 is 5.56 Å². The van der Waals surface area contributed by atoms with Gasteiger partial charge in [-0.3, -0.25) is 14.0 Å². The van der Waals surface area contributed by atoms with Crippen LogP contribution in [0.15, 0.2) is 40.8 Å². The predicted molar refractivity (Wildman–Crippen MR) is 92.1 cm³/mol. The van der Waals surface area contributed by atoms with Crippen LogP contribution in [-0.2, 0) is 13.1 Å². The molecule has 23 heavy (non-hydrogen) atoms. The summed E-state index contributed by atoms with van der Waals surface area (Å²) in [6.07, 6.45) is 4.05. The maximum Gasteiger partial charge on any atom is 0.262 e. The molecule has 0 spiro atoms. The summed E-state index contributed by atoms with van der Waals surface area (Å²) in [5.74, 6) is 0.756. The summed E-state index contributed by atoms with van der Waals surface area (Å²) in [5.41, 5.74) is 0.620. The zero-order chi connectivity index (χ0) is 16.2. The Hall–Kier alpha value is -1.86. The van der Waals surface area contributed by atoms with Crippen LogP contribution in [0, 0.1) is 0 Å². The van der Waals surface area contributed by atoms with Gasteiger partial charge in [0.2, 0.25) is 0 Å². The smallest absolute Gasteiger partial charge is 0.262 e. The molecule has 0 atom stereocenters. The van der Waals surface area contributed by atoms with Crippen LogP contribution in [0.5, 0.6) is 0 Å². The largest absolute Gasteiger partial charge is 0.287 e. The van der Waals surface area contributed by atoms with Gasteiger partial charge in [-0.1, -0.05) is 30.3 Å². The molecule has 120 valence electrons. The first kappa shape index (κ1) is 16.0. The molecular weight excluding hydrogens is 334 g/mol. The topological polar surface area (TPSA) is 65.6 Å². The van der Waals surface area contributed by atoms with Crippen LogP contribution in [0.3, 0.4) is 0 Å². The maximum atomic E-state index is 12.7. The van der Waals surface area contributed by atoms with E-state index in [0.29, 0.717) is 34.2 Å². The van der Waals surface area contributed by atoms with Crippen LogP contribution in [-0.4, -0.2) is 30.1 Å². The molecule has 0 aliphatic rings. The van der Waals surface area contributed by atoms with E-state index < -0.39 is 0 Å². The number of nitrogens with zero attached hydrogens (tertiary/aromatic N) is 5. The highest BCUT2D eigenvalue weighted by Gasteiger charge is 2.11. The van der Waals surface area contributed by atoms with Gasteiger partial charge in [0.1, 0.15) is 12.7 Å². The second kappa shape index (κ2) is 7.14. The SMILES string of the molecule is CCCn1c(SCCn2cncn2)nc2cc(Cl)ccc2c1=O. The monoisotopic (exact) mass is 349 g/mol. The summed E-state index contributed by atoms with van der Waals surface area (Å²) >= 11 is 7.56. The van der Waals surface area contributed by atoms with Crippen molar-refractivity contribution in [2.45, 2.75) is 31.6 Å². The Morgan fingerprint density at radius 2 is 2.17 bits per heavy atom. The number of benzene rings is 1. The minimum atomic E-state index is -0.0169. The number of aromatic nitrogens is 5. The van der Waals surface area contributed by atoms with Crippen LogP contribution in [0.2, 0.25) is 5.02 Å². The lowest BCUT2D eigenvalue weighted by molar-refractivity contribution is 0.583. The fourth-order valence-electron chi connectivity index (χ4n) is 2.28. The van der Waals surface area contributed by atoms with E-state index in [9.17, 15) is 4.79 Å². The van der Waals surface area contributed by atoms with Gasteiger partial charge in [-0.2, -0.15) is 5.10 Å². The van der Waals surface area contributed by atoms with Gasteiger partial charge in [-0.25, -0.2) is 9.97 Å². The Morgan fingerprint density at radius 3 is 2.91 bits per heavy atom. The predicted octanol–water partition coefficient (Wildman–Crippen LogP) is 2.84. The summed E-state index contributed by atoms with van der Waals surface area (Å²) in [4.78, 5) is 21.2. The Labute approximate surface area is 142 Å². The maximum absolute atomic E-state index is 12.7. The van der Waals surface area contributed by atoms with E-state index in [0.717, 1.165) is 12.2 Å². The molecule has 1 aromatic carbocycles. The zero-order valence-electron chi connectivity index (χ0n) is 12.6. The summed E-state index contributed by atoms with van der Waals surface area (Å²) in [6, 6.07) is 5.19. The first-order valence-electron chi connectivity index (χ1n) is 7.34. The molecule has 0 aliphatic carbocycles. The van der Waals surface area contributed by atoms with E-state index in [1.54, 1.807) is 45.5 Å². The molecule has 0 radical (unpaired) electrons. The third-order valence-corrected chi connectivity index (χ3v) is 4.54. The highest BCUT2D eigenvalue weighted by molar-refractivity contribution is 7.99. The Morgan fingerprint density at radius 1 is 1.30 bits per heavy atom. The first-order valence-corrected chi connectivity index (χ1v) is 8.70. The molecule has 3 rings (SSSR count). The van der Waals surface area contributed by atoms with Crippen LogP contribution >= 0.6 is 23.4 Å². The molecule has 0 N–H and O–H groups in total. The molecule has 3 aromatic rings.